The number of aliphatic hydroxyl groups is 1. The van der Waals surface area contributed by atoms with E-state index in [-0.39, 0.29) is 30.5 Å². The number of aromatic nitrogens is 2. The van der Waals surface area contributed by atoms with Crippen LogP contribution in [0.5, 0.6) is 0 Å². The number of rotatable bonds is 4. The minimum absolute atomic E-state index is 0.0106. The molecule has 2 heterocycles. The summed E-state index contributed by atoms with van der Waals surface area (Å²) in [5.41, 5.74) is -3.60. The quantitative estimate of drug-likeness (QED) is 0.510. The van der Waals surface area contributed by atoms with Crippen molar-refractivity contribution in [2.45, 2.75) is 41.5 Å². The highest BCUT2D eigenvalue weighted by molar-refractivity contribution is 7.90. The van der Waals surface area contributed by atoms with Crippen molar-refractivity contribution in [2.24, 2.45) is 0 Å². The molecule has 0 amide bonds. The van der Waals surface area contributed by atoms with Crippen LogP contribution in [0.4, 0.5) is 19.1 Å². The number of hydrogen-bond acceptors (Lipinski definition) is 7. The van der Waals surface area contributed by atoms with Crippen LogP contribution in [0.2, 0.25) is 0 Å². The Kier molecular flexibility index (Phi) is 6.76. The number of piperazine rings is 1. The Balaban J connectivity index is 1.86. The molecule has 0 unspecified atom stereocenters. The molecule has 1 aromatic heterocycles. The average Bonchev–Trinajstić information content (AvgIpc) is 2.73. The topological polar surface area (TPSA) is 86.6 Å². The molecule has 3 rings (SSSR count). The van der Waals surface area contributed by atoms with Gasteiger partial charge in [-0.3, -0.25) is 0 Å². The maximum atomic E-state index is 13.1. The molecule has 1 aliphatic heterocycles. The maximum Gasteiger partial charge on any atom is 0.421 e. The van der Waals surface area contributed by atoms with E-state index in [0.29, 0.717) is 11.8 Å². The first-order valence-corrected chi connectivity index (χ1v) is 11.4. The molecule has 1 N–H and O–H groups in total. The van der Waals surface area contributed by atoms with Crippen LogP contribution < -0.4 is 4.90 Å². The minimum Gasteiger partial charge on any atom is -0.376 e. The summed E-state index contributed by atoms with van der Waals surface area (Å²) in [6.45, 7) is 2.50. The van der Waals surface area contributed by atoms with Crippen LogP contribution in [0.1, 0.15) is 19.4 Å². The van der Waals surface area contributed by atoms with Crippen LogP contribution in [0, 0.1) is 11.8 Å². The molecule has 172 valence electrons. The Morgan fingerprint density at radius 3 is 2.38 bits per heavy atom. The van der Waals surface area contributed by atoms with Crippen molar-refractivity contribution in [1.82, 2.24) is 14.3 Å². The Bertz CT molecular complexity index is 1140. The van der Waals surface area contributed by atoms with Gasteiger partial charge in [0.15, 0.2) is 5.60 Å². The smallest absolute Gasteiger partial charge is 0.376 e. The predicted octanol–water partition coefficient (Wildman–Crippen LogP) is 2.44. The second-order valence-corrected chi connectivity index (χ2v) is 9.66. The van der Waals surface area contributed by atoms with E-state index in [4.69, 9.17) is 0 Å². The zero-order valence-corrected chi connectivity index (χ0v) is 18.9. The van der Waals surface area contributed by atoms with Gasteiger partial charge in [0, 0.05) is 42.5 Å². The molecule has 1 saturated heterocycles. The lowest BCUT2D eigenvalue weighted by molar-refractivity contribution is -0.259. The van der Waals surface area contributed by atoms with E-state index < -0.39 is 33.4 Å². The molecule has 2 atom stereocenters. The van der Waals surface area contributed by atoms with Gasteiger partial charge >= 0.3 is 6.18 Å². The van der Waals surface area contributed by atoms with Crippen LogP contribution in [-0.2, 0) is 15.6 Å². The highest BCUT2D eigenvalue weighted by Gasteiger charge is 2.51. The normalized spacial score (nSPS) is 19.7. The molecule has 12 heteroatoms. The standard InChI is InChI=1S/C20H21F3N4O3S2/c1-3-6-15-13-26(32(29,30)17-8-5-4-7-16(17)31)9-10-27(15)18-24-11-14(12-25-18)19(2,28)20(21,22)23/h4-5,7-8,11-12,15,28,31H,9-10,13H2,1-2H3/t15-,19-/m1/s1. The van der Waals surface area contributed by atoms with Crippen LogP contribution in [0.25, 0.3) is 0 Å². The van der Waals surface area contributed by atoms with Gasteiger partial charge in [-0.15, -0.1) is 18.5 Å². The largest absolute Gasteiger partial charge is 0.421 e. The summed E-state index contributed by atoms with van der Waals surface area (Å²) < 4.78 is 66.7. The number of thiol groups is 1. The van der Waals surface area contributed by atoms with Crippen molar-refractivity contribution in [1.29, 1.82) is 0 Å². The number of hydrogen-bond donors (Lipinski definition) is 2. The molecule has 0 spiro atoms. The molecule has 2 aromatic rings. The lowest BCUT2D eigenvalue weighted by Crippen LogP contribution is -2.55. The first-order valence-electron chi connectivity index (χ1n) is 9.48. The Labute approximate surface area is 189 Å². The summed E-state index contributed by atoms with van der Waals surface area (Å²) in [5, 5.41) is 9.79. The second kappa shape index (κ2) is 8.90. The molecular formula is C20H21F3N4O3S2. The van der Waals surface area contributed by atoms with Gasteiger partial charge in [0.1, 0.15) is 6.04 Å². The van der Waals surface area contributed by atoms with Gasteiger partial charge in [-0.25, -0.2) is 18.4 Å². The first kappa shape index (κ1) is 24.3. The van der Waals surface area contributed by atoms with Gasteiger partial charge in [-0.2, -0.15) is 17.5 Å². The van der Waals surface area contributed by atoms with Crippen LogP contribution in [0.3, 0.4) is 0 Å². The molecule has 0 saturated carbocycles. The van der Waals surface area contributed by atoms with Crippen LogP contribution in [0.15, 0.2) is 46.5 Å². The fourth-order valence-corrected chi connectivity index (χ4v) is 5.23. The maximum absolute atomic E-state index is 13.1. The minimum atomic E-state index is -4.89. The van der Waals surface area contributed by atoms with Crippen molar-refractivity contribution < 1.29 is 26.7 Å². The molecule has 1 aromatic carbocycles. The zero-order chi connectivity index (χ0) is 23.7. The summed E-state index contributed by atoms with van der Waals surface area (Å²) in [6, 6.07) is 5.73. The van der Waals surface area contributed by atoms with Gasteiger partial charge in [-0.05, 0) is 26.0 Å². The van der Waals surface area contributed by atoms with E-state index in [2.05, 4.69) is 34.4 Å². The molecule has 32 heavy (non-hydrogen) atoms. The van der Waals surface area contributed by atoms with Crippen molar-refractivity contribution in [3.63, 3.8) is 0 Å². The zero-order valence-electron chi connectivity index (χ0n) is 17.2. The number of sulfonamides is 1. The second-order valence-electron chi connectivity index (χ2n) is 7.28. The fraction of sp³-hybridized carbons (Fsp3) is 0.400. The van der Waals surface area contributed by atoms with E-state index in [1.807, 2.05) is 0 Å². The third-order valence-corrected chi connectivity index (χ3v) is 7.61. The van der Waals surface area contributed by atoms with Crippen molar-refractivity contribution >= 4 is 28.6 Å². The van der Waals surface area contributed by atoms with E-state index in [1.165, 1.54) is 10.4 Å². The number of halogens is 3. The average molecular weight is 487 g/mol. The summed E-state index contributed by atoms with van der Waals surface area (Å²) in [6.07, 6.45) is -3.07. The van der Waals surface area contributed by atoms with Crippen molar-refractivity contribution in [3.8, 4) is 11.8 Å². The van der Waals surface area contributed by atoms with E-state index >= 15 is 0 Å². The van der Waals surface area contributed by atoms with Crippen molar-refractivity contribution in [2.75, 3.05) is 24.5 Å². The Morgan fingerprint density at radius 2 is 1.81 bits per heavy atom. The highest BCUT2D eigenvalue weighted by atomic mass is 32.2. The lowest BCUT2D eigenvalue weighted by atomic mass is 9.99. The number of anilines is 1. The van der Waals surface area contributed by atoms with E-state index in [1.54, 1.807) is 30.0 Å². The van der Waals surface area contributed by atoms with Gasteiger partial charge in [0.05, 0.1) is 4.90 Å². The monoisotopic (exact) mass is 486 g/mol. The summed E-state index contributed by atoms with van der Waals surface area (Å²) in [7, 11) is -3.83. The van der Waals surface area contributed by atoms with Gasteiger partial charge in [-0.1, -0.05) is 18.1 Å². The molecule has 0 radical (unpaired) electrons. The molecule has 7 nitrogen and oxygen atoms in total. The van der Waals surface area contributed by atoms with E-state index in [0.717, 1.165) is 12.4 Å². The third-order valence-electron chi connectivity index (χ3n) is 5.15. The summed E-state index contributed by atoms with van der Waals surface area (Å²) in [4.78, 5) is 9.99. The fourth-order valence-electron chi connectivity index (χ4n) is 3.20. The lowest BCUT2D eigenvalue weighted by Gasteiger charge is -2.38. The molecule has 1 aliphatic rings. The first-order chi connectivity index (χ1) is 14.9. The summed E-state index contributed by atoms with van der Waals surface area (Å²) in [5.74, 6) is 5.74. The molecule has 1 fully saturated rings. The van der Waals surface area contributed by atoms with E-state index in [9.17, 15) is 26.7 Å². The van der Waals surface area contributed by atoms with Gasteiger partial charge < -0.3 is 10.0 Å². The van der Waals surface area contributed by atoms with Crippen molar-refractivity contribution in [3.05, 3.63) is 42.2 Å². The van der Waals surface area contributed by atoms with Crippen LogP contribution in [-0.4, -0.2) is 59.6 Å². The molecular weight excluding hydrogens is 465 g/mol. The molecule has 0 aliphatic carbocycles. The third kappa shape index (κ3) is 4.56. The number of alkyl halides is 3. The Hall–Kier alpha value is -2.33. The number of benzene rings is 1. The number of nitrogens with zero attached hydrogens (tertiary/aromatic N) is 4. The SMILES string of the molecule is CC#C[C@@H]1CN(S(=O)(=O)c2ccccc2S)CCN1c1ncc([C@@](C)(O)C(F)(F)F)cn1. The van der Waals surface area contributed by atoms with Gasteiger partial charge in [0.25, 0.3) is 0 Å². The Morgan fingerprint density at radius 1 is 1.19 bits per heavy atom. The van der Waals surface area contributed by atoms with Gasteiger partial charge in [0.2, 0.25) is 16.0 Å². The highest BCUT2D eigenvalue weighted by Crippen LogP contribution is 2.38. The molecule has 0 bridgehead atoms. The summed E-state index contributed by atoms with van der Waals surface area (Å²) >= 11 is 4.24. The predicted molar refractivity (Wildman–Crippen MR) is 115 cm³/mol. The van der Waals surface area contributed by atoms with Crippen LogP contribution >= 0.6 is 12.6 Å².